The number of esters is 1. The number of sulfonamides is 1. The van der Waals surface area contributed by atoms with E-state index in [2.05, 4.69) is 10.4 Å². The molecule has 0 bridgehead atoms. The molecule has 0 radical (unpaired) electrons. The van der Waals surface area contributed by atoms with Crippen LogP contribution in [0.4, 0.5) is 14.9 Å². The highest BCUT2D eigenvalue weighted by molar-refractivity contribution is 7.89. The number of rotatable bonds is 6. The summed E-state index contributed by atoms with van der Waals surface area (Å²) in [5.41, 5.74) is 1.82. The van der Waals surface area contributed by atoms with Crippen molar-refractivity contribution in [3.05, 3.63) is 59.7 Å². The van der Waals surface area contributed by atoms with E-state index < -0.39 is 40.1 Å². The van der Waals surface area contributed by atoms with Crippen LogP contribution < -0.4 is 10.2 Å². The molecule has 1 aromatic carbocycles. The van der Waals surface area contributed by atoms with E-state index in [4.69, 9.17) is 51.0 Å². The normalized spacial score (nSPS) is 28.9. The molecule has 0 saturated carbocycles. The predicted octanol–water partition coefficient (Wildman–Crippen LogP) is 7.25. The molecule has 3 aliphatic heterocycles. The average Bonchev–Trinajstić information content (AvgIpc) is 3.98. The van der Waals surface area contributed by atoms with Gasteiger partial charge in [0.25, 0.3) is 0 Å². The number of amides is 1. The Hall–Kier alpha value is -3.79. The van der Waals surface area contributed by atoms with E-state index in [1.807, 2.05) is 43.9 Å². The third-order valence-corrected chi connectivity index (χ3v) is 11.4. The van der Waals surface area contributed by atoms with Gasteiger partial charge in [-0.3, -0.25) is 9.48 Å². The van der Waals surface area contributed by atoms with Gasteiger partial charge in [0.2, 0.25) is 10.0 Å². The van der Waals surface area contributed by atoms with Gasteiger partial charge in [-0.1, -0.05) is 33.4 Å². The van der Waals surface area contributed by atoms with Crippen molar-refractivity contribution < 1.29 is 78.6 Å². The number of hydrogen-bond acceptors (Lipinski definition) is 10. The number of nitrogens with zero attached hydrogens (tertiary/aromatic N) is 5. The van der Waals surface area contributed by atoms with Gasteiger partial charge in [0.05, 0.1) is 18.7 Å². The van der Waals surface area contributed by atoms with Crippen LogP contribution in [0.2, 0.25) is 0 Å². The van der Waals surface area contributed by atoms with Gasteiger partial charge in [-0.05, 0) is 61.1 Å². The largest absolute Gasteiger partial charge is 0.457 e. The van der Waals surface area contributed by atoms with Gasteiger partial charge >= 0.3 is 12.1 Å². The quantitative estimate of drug-likeness (QED) is 0.227. The SMILES string of the molecule is C.C/C(=C\c1cc(F)cc(N2CCN(S(=O)(=O)c3cnn(C)c3)CC2)c1)[C@H]1OC(=O)C[C@H](O)CC[C@H](C)[C@@H](OC(=O)N2CCNCC2)/C=C/[C@@H]1C.[2H][2H].[2H][2H].[2H][2H].[2H][2H].[2H][2H].[2H][2H].[2H][2H].[2H][2H].[2H][2H].[2H][2H].[2H][2H].[2H][2H].[2H][2H].[2H][2H]. The number of benzene rings is 1. The van der Waals surface area contributed by atoms with Gasteiger partial charge in [-0.15, -0.1) is 0 Å². The summed E-state index contributed by atoms with van der Waals surface area (Å²) in [6.07, 6.45) is 6.43. The minimum absolute atomic E-state index is 0. The maximum Gasteiger partial charge on any atom is 0.410 e. The maximum atomic E-state index is 15.0. The van der Waals surface area contributed by atoms with Crippen molar-refractivity contribution in [2.75, 3.05) is 57.3 Å². The Bertz CT molecular complexity index is 1740. The van der Waals surface area contributed by atoms with Crippen LogP contribution in [0, 0.1) is 17.7 Å². The summed E-state index contributed by atoms with van der Waals surface area (Å²) < 4.78 is 196. The Labute approximate surface area is 344 Å². The maximum absolute atomic E-state index is 15.0. The van der Waals surface area contributed by atoms with Crippen LogP contribution in [0.15, 0.2) is 53.2 Å². The molecule has 51 heavy (non-hydrogen) atoms. The molecular formula is C36H81FN6O7S. The number of cyclic esters (lactones) is 1. The molecule has 2 N–H and O–H groups in total. The lowest BCUT2D eigenvalue weighted by Gasteiger charge is -2.35. The van der Waals surface area contributed by atoms with Crippen molar-refractivity contribution in [3.8, 4) is 0 Å². The van der Waals surface area contributed by atoms with Gasteiger partial charge in [0, 0.05) is 119 Å². The first kappa shape index (κ1) is 24.5. The average molecular weight is 789 g/mol. The van der Waals surface area contributed by atoms with Gasteiger partial charge in [-0.25, -0.2) is 17.6 Å². The van der Waals surface area contributed by atoms with Gasteiger partial charge in [-0.2, -0.15) is 9.40 Å². The molecule has 310 valence electrons. The van der Waals surface area contributed by atoms with E-state index in [-0.39, 0.29) is 49.8 Å². The zero-order valence-electron chi connectivity index (χ0n) is 57.2. The highest BCUT2D eigenvalue weighted by atomic mass is 32.2. The minimum atomic E-state index is -3.69. The molecule has 15 heteroatoms. The van der Waals surface area contributed by atoms with Gasteiger partial charge in [0.15, 0.2) is 0 Å². The zero-order valence-corrected chi connectivity index (χ0v) is 30.0. The first-order chi connectivity index (χ1) is 37.8. The standard InChI is InChI=1S/C35H49FN6O7S.CH4.14H2/c1-24-5-7-30(43)21-33(44)49-34(25(2)6-8-32(24)48-35(45)41-11-9-37-10-12-41)26(3)17-27-18-28(36)20-29(19-27)40-13-15-42(16-14-40)50(46,47)31-22-38-39(4)23-31;;;;;;;;;;;;;;;/h6,8,17-20,22-25,30,32,34,37,43H,5,7,9-16,21H2,1-4H3;1H4;14*1H/b8-6+,26-17+;;;;;;;;;;;;;;;/t24-,25-,30+,32-,34-;;;;;;;;;;;;;;;/m0.............../s1/i;;14*1+1D. The number of aliphatic hydroxyl groups excluding tert-OH is 1. The molecule has 0 unspecified atom stereocenters. The molecule has 1 amide bonds. The smallest absolute Gasteiger partial charge is 0.410 e. The fourth-order valence-corrected chi connectivity index (χ4v) is 7.97. The molecule has 0 spiro atoms. The fourth-order valence-electron chi connectivity index (χ4n) is 6.56. The van der Waals surface area contributed by atoms with E-state index >= 15 is 4.39 Å². The Morgan fingerprint density at radius 2 is 1.82 bits per heavy atom. The highest BCUT2D eigenvalue weighted by Gasteiger charge is 2.31. The Morgan fingerprint density at radius 1 is 1.12 bits per heavy atom. The lowest BCUT2D eigenvalue weighted by Crippen LogP contribution is -2.48. The zero-order chi connectivity index (χ0) is 64.0. The Balaban J connectivity index is -0.000000154. The Morgan fingerprint density at radius 3 is 2.49 bits per heavy atom. The molecule has 13 nitrogen and oxygen atoms in total. The van der Waals surface area contributed by atoms with Crippen LogP contribution >= 0.6 is 0 Å². The highest BCUT2D eigenvalue weighted by Crippen LogP contribution is 2.28. The van der Waals surface area contributed by atoms with Crippen LogP contribution in [0.1, 0.15) is 94.6 Å². The minimum Gasteiger partial charge on any atom is -0.457 e. The van der Waals surface area contributed by atoms with E-state index in [1.54, 1.807) is 18.0 Å². The number of nitrogens with one attached hydrogen (secondary N) is 1. The number of halogens is 1. The van der Waals surface area contributed by atoms with Gasteiger partial charge < -0.3 is 29.7 Å². The number of carbonyl (C=O) groups is 2. The molecule has 0 aliphatic carbocycles. The number of anilines is 1. The molecule has 5 atom stereocenters. The monoisotopic (exact) mass is 789 g/mol. The topological polar surface area (TPSA) is 147 Å². The van der Waals surface area contributed by atoms with Crippen molar-refractivity contribution in [3.63, 3.8) is 0 Å². The summed E-state index contributed by atoms with van der Waals surface area (Å²) in [6, 6.07) is 4.64. The number of ether oxygens (including phenoxy) is 2. The third kappa shape index (κ3) is 10.4. The summed E-state index contributed by atoms with van der Waals surface area (Å²) in [5, 5.41) is 17.8. The van der Waals surface area contributed by atoms with Crippen molar-refractivity contribution in [2.24, 2.45) is 18.9 Å². The second-order valence-corrected chi connectivity index (χ2v) is 15.5. The number of aliphatic hydroxyl groups is 1. The third-order valence-electron chi connectivity index (χ3n) is 9.54. The molecule has 3 aliphatic rings. The summed E-state index contributed by atoms with van der Waals surface area (Å²) >= 11 is 0. The number of carbonyl (C=O) groups excluding carboxylic acids is 2. The summed E-state index contributed by atoms with van der Waals surface area (Å²) in [6.45, 7) is 9.40. The molecule has 1 aromatic heterocycles. The molecule has 2 saturated heterocycles. The van der Waals surface area contributed by atoms with E-state index in [1.165, 1.54) is 33.5 Å². The molecule has 2 aromatic rings. The van der Waals surface area contributed by atoms with Crippen LogP contribution in [0.5, 0.6) is 0 Å². The molecule has 2 fully saturated rings. The summed E-state index contributed by atoms with van der Waals surface area (Å²) in [4.78, 5) is 29.7. The van der Waals surface area contributed by atoms with E-state index in [0.717, 1.165) is 0 Å². The van der Waals surface area contributed by atoms with Crippen molar-refractivity contribution in [1.29, 1.82) is 0 Å². The van der Waals surface area contributed by atoms with Crippen LogP contribution in [-0.2, 0) is 31.3 Å². The van der Waals surface area contributed by atoms with Crippen LogP contribution in [0.3, 0.4) is 0 Å². The Kier molecular flexibility index (Phi) is 8.45. The fraction of sp³-hybridized carbons (Fsp3) is 0.583. The van der Waals surface area contributed by atoms with Crippen molar-refractivity contribution in [2.45, 2.75) is 70.7 Å². The predicted molar refractivity (Wildman–Crippen MR) is 222 cm³/mol. The van der Waals surface area contributed by atoms with E-state index in [9.17, 15) is 23.1 Å². The first-order valence-electron chi connectivity index (χ1n) is 31.2. The van der Waals surface area contributed by atoms with Gasteiger partial charge in [0.1, 0.15) is 22.9 Å². The summed E-state index contributed by atoms with van der Waals surface area (Å²) in [5.74, 6) is -1.44. The summed E-state index contributed by atoms with van der Waals surface area (Å²) in [7, 11) is -2.03. The second kappa shape index (κ2) is 17.6. The molecule has 4 heterocycles. The van der Waals surface area contributed by atoms with Crippen LogP contribution in [0.25, 0.3) is 6.08 Å². The molecule has 5 rings (SSSR count). The van der Waals surface area contributed by atoms with Crippen molar-refractivity contribution >= 4 is 33.8 Å². The van der Waals surface area contributed by atoms with Crippen LogP contribution in [-0.4, -0.2) is 115 Å². The van der Waals surface area contributed by atoms with Crippen molar-refractivity contribution in [1.82, 2.24) is 24.3 Å². The lowest BCUT2D eigenvalue weighted by molar-refractivity contribution is -0.151. The number of hydrogen-bond donors (Lipinski definition) is 2. The number of aryl methyl sites for hydroxylation is 1. The molecular weight excluding hydrogens is 679 g/mol. The number of aromatic nitrogens is 2. The van der Waals surface area contributed by atoms with E-state index in [0.29, 0.717) is 68.9 Å². The second-order valence-electron chi connectivity index (χ2n) is 13.5. The first-order valence-corrected chi connectivity index (χ1v) is 18.7. The number of piperazine rings is 2. The lowest BCUT2D eigenvalue weighted by atomic mass is 9.91.